The lowest BCUT2D eigenvalue weighted by Gasteiger charge is -2.38. The van der Waals surface area contributed by atoms with E-state index < -0.39 is 0 Å². The summed E-state index contributed by atoms with van der Waals surface area (Å²) >= 11 is 0. The molecular formula is C24H33N5O3. The van der Waals surface area contributed by atoms with Crippen molar-refractivity contribution in [3.8, 4) is 17.3 Å². The fourth-order valence-electron chi connectivity index (χ4n) is 5.43. The molecule has 32 heavy (non-hydrogen) atoms. The molecule has 5 rings (SSSR count). The number of carbonyl (C=O) groups excluding carboxylic acids is 1. The van der Waals surface area contributed by atoms with Gasteiger partial charge in [0.25, 0.3) is 0 Å². The van der Waals surface area contributed by atoms with Gasteiger partial charge in [-0.3, -0.25) is 9.69 Å². The molecule has 0 spiro atoms. The highest BCUT2D eigenvalue weighted by atomic mass is 16.5. The molecule has 2 aliphatic heterocycles. The SMILES string of the molecule is CC(=O)N1CCC(N2CCCC2c2nc(-c3ccc(OC4CCCCC4)nc3)no2)CC1. The second kappa shape index (κ2) is 9.57. The Morgan fingerprint density at radius 3 is 2.56 bits per heavy atom. The van der Waals surface area contributed by atoms with Crippen LogP contribution in [-0.2, 0) is 4.79 Å². The van der Waals surface area contributed by atoms with Crippen LogP contribution in [0.2, 0.25) is 0 Å². The molecule has 172 valence electrons. The molecule has 8 nitrogen and oxygen atoms in total. The Labute approximate surface area is 189 Å². The van der Waals surface area contributed by atoms with Crippen molar-refractivity contribution < 1.29 is 14.1 Å². The van der Waals surface area contributed by atoms with Crippen molar-refractivity contribution >= 4 is 5.91 Å². The van der Waals surface area contributed by atoms with E-state index in [9.17, 15) is 4.79 Å². The van der Waals surface area contributed by atoms with Gasteiger partial charge in [0.05, 0.1) is 6.04 Å². The summed E-state index contributed by atoms with van der Waals surface area (Å²) in [6.07, 6.45) is 12.2. The molecule has 2 saturated heterocycles. The zero-order valence-corrected chi connectivity index (χ0v) is 18.9. The van der Waals surface area contributed by atoms with Crippen molar-refractivity contribution in [3.63, 3.8) is 0 Å². The predicted molar refractivity (Wildman–Crippen MR) is 119 cm³/mol. The first-order chi connectivity index (χ1) is 15.7. The topological polar surface area (TPSA) is 84.6 Å². The van der Waals surface area contributed by atoms with Crippen LogP contribution in [0.5, 0.6) is 5.88 Å². The first kappa shape index (κ1) is 21.4. The molecule has 3 fully saturated rings. The largest absolute Gasteiger partial charge is 0.474 e. The van der Waals surface area contributed by atoms with Crippen LogP contribution in [0.1, 0.15) is 76.6 Å². The Morgan fingerprint density at radius 2 is 1.84 bits per heavy atom. The van der Waals surface area contributed by atoms with Gasteiger partial charge in [0.15, 0.2) is 0 Å². The van der Waals surface area contributed by atoms with Gasteiger partial charge in [0.2, 0.25) is 23.5 Å². The average Bonchev–Trinajstić information content (AvgIpc) is 3.50. The van der Waals surface area contributed by atoms with E-state index in [0.29, 0.717) is 23.6 Å². The van der Waals surface area contributed by atoms with Crippen LogP contribution >= 0.6 is 0 Å². The van der Waals surface area contributed by atoms with Crippen LogP contribution < -0.4 is 4.74 Å². The summed E-state index contributed by atoms with van der Waals surface area (Å²) in [5, 5.41) is 4.24. The second-order valence-electron chi connectivity index (χ2n) is 9.35. The van der Waals surface area contributed by atoms with E-state index in [2.05, 4.69) is 15.0 Å². The molecule has 3 aliphatic rings. The molecule has 0 aromatic carbocycles. The molecule has 2 aromatic rings. The molecule has 8 heteroatoms. The third kappa shape index (κ3) is 4.65. The van der Waals surface area contributed by atoms with Crippen molar-refractivity contribution in [1.29, 1.82) is 0 Å². The van der Waals surface area contributed by atoms with Crippen molar-refractivity contribution in [2.24, 2.45) is 0 Å². The molecular weight excluding hydrogens is 406 g/mol. The van der Waals surface area contributed by atoms with Crippen LogP contribution in [-0.4, -0.2) is 62.6 Å². The number of ether oxygens (including phenoxy) is 1. The summed E-state index contributed by atoms with van der Waals surface area (Å²) in [5.74, 6) is 2.11. The zero-order valence-electron chi connectivity index (χ0n) is 18.9. The van der Waals surface area contributed by atoms with Crippen molar-refractivity contribution in [2.75, 3.05) is 19.6 Å². The first-order valence-electron chi connectivity index (χ1n) is 12.2. The maximum atomic E-state index is 11.6. The third-order valence-electron chi connectivity index (χ3n) is 7.23. The summed E-state index contributed by atoms with van der Waals surface area (Å²) in [6.45, 7) is 4.36. The number of hydrogen-bond donors (Lipinski definition) is 0. The molecule has 1 saturated carbocycles. The summed E-state index contributed by atoms with van der Waals surface area (Å²) in [7, 11) is 0. The molecule has 1 atom stereocenters. The summed E-state index contributed by atoms with van der Waals surface area (Å²) in [4.78, 5) is 25.3. The van der Waals surface area contributed by atoms with Crippen molar-refractivity contribution in [3.05, 3.63) is 24.2 Å². The number of carbonyl (C=O) groups is 1. The number of likely N-dealkylation sites (tertiary alicyclic amines) is 2. The van der Waals surface area contributed by atoms with Crippen molar-refractivity contribution in [2.45, 2.75) is 82.9 Å². The Hall–Kier alpha value is -2.48. The number of amides is 1. The molecule has 2 aromatic heterocycles. The van der Waals surface area contributed by atoms with Gasteiger partial charge < -0.3 is 14.2 Å². The maximum Gasteiger partial charge on any atom is 0.244 e. The average molecular weight is 440 g/mol. The van der Waals surface area contributed by atoms with E-state index in [4.69, 9.17) is 14.2 Å². The third-order valence-corrected chi connectivity index (χ3v) is 7.23. The van der Waals surface area contributed by atoms with Crippen LogP contribution in [0.3, 0.4) is 0 Å². The van der Waals surface area contributed by atoms with E-state index >= 15 is 0 Å². The number of pyridine rings is 1. The van der Waals surface area contributed by atoms with Crippen molar-refractivity contribution in [1.82, 2.24) is 24.9 Å². The van der Waals surface area contributed by atoms with Crippen LogP contribution in [0.4, 0.5) is 0 Å². The smallest absolute Gasteiger partial charge is 0.244 e. The van der Waals surface area contributed by atoms with Crippen LogP contribution in [0.25, 0.3) is 11.4 Å². The van der Waals surface area contributed by atoms with E-state index in [1.54, 1.807) is 13.1 Å². The van der Waals surface area contributed by atoms with Gasteiger partial charge in [-0.15, -0.1) is 0 Å². The molecule has 1 amide bonds. The predicted octanol–water partition coefficient (Wildman–Crippen LogP) is 3.99. The zero-order chi connectivity index (χ0) is 21.9. The van der Waals surface area contributed by atoms with Gasteiger partial charge in [0.1, 0.15) is 6.10 Å². The molecule has 0 radical (unpaired) electrons. The highest BCUT2D eigenvalue weighted by Crippen LogP contribution is 2.36. The van der Waals surface area contributed by atoms with Gasteiger partial charge in [0, 0.05) is 43.9 Å². The molecule has 0 N–H and O–H groups in total. The second-order valence-corrected chi connectivity index (χ2v) is 9.35. The minimum atomic E-state index is 0.159. The maximum absolute atomic E-state index is 11.6. The highest BCUT2D eigenvalue weighted by molar-refractivity contribution is 5.73. The van der Waals surface area contributed by atoms with E-state index in [1.807, 2.05) is 17.0 Å². The number of nitrogens with zero attached hydrogens (tertiary/aromatic N) is 5. The van der Waals surface area contributed by atoms with E-state index in [1.165, 1.54) is 19.3 Å². The number of rotatable bonds is 5. The Bertz CT molecular complexity index is 901. The summed E-state index contributed by atoms with van der Waals surface area (Å²) < 4.78 is 11.7. The molecule has 0 bridgehead atoms. The highest BCUT2D eigenvalue weighted by Gasteiger charge is 2.37. The Morgan fingerprint density at radius 1 is 1.03 bits per heavy atom. The molecule has 1 unspecified atom stereocenters. The van der Waals surface area contributed by atoms with Crippen LogP contribution in [0.15, 0.2) is 22.9 Å². The minimum absolute atomic E-state index is 0.159. The fourth-order valence-corrected chi connectivity index (χ4v) is 5.43. The Balaban J connectivity index is 1.22. The minimum Gasteiger partial charge on any atom is -0.474 e. The monoisotopic (exact) mass is 439 g/mol. The first-order valence-corrected chi connectivity index (χ1v) is 12.2. The lowest BCUT2D eigenvalue weighted by Crippen LogP contribution is -2.46. The number of piperidine rings is 1. The molecule has 4 heterocycles. The van der Waals surface area contributed by atoms with Gasteiger partial charge in [-0.2, -0.15) is 4.98 Å². The van der Waals surface area contributed by atoms with Gasteiger partial charge in [-0.25, -0.2) is 4.98 Å². The lowest BCUT2D eigenvalue weighted by atomic mass is 9.98. The van der Waals surface area contributed by atoms with Gasteiger partial charge in [-0.1, -0.05) is 11.6 Å². The lowest BCUT2D eigenvalue weighted by molar-refractivity contribution is -0.130. The fraction of sp³-hybridized carbons (Fsp3) is 0.667. The van der Waals surface area contributed by atoms with E-state index in [-0.39, 0.29) is 18.1 Å². The quantitative estimate of drug-likeness (QED) is 0.696. The number of aromatic nitrogens is 3. The van der Waals surface area contributed by atoms with Gasteiger partial charge >= 0.3 is 0 Å². The van der Waals surface area contributed by atoms with Gasteiger partial charge in [-0.05, 0) is 64.0 Å². The molecule has 1 aliphatic carbocycles. The number of hydrogen-bond acceptors (Lipinski definition) is 7. The summed E-state index contributed by atoms with van der Waals surface area (Å²) in [5.41, 5.74) is 0.843. The van der Waals surface area contributed by atoms with E-state index in [0.717, 1.165) is 63.7 Å². The van der Waals surface area contributed by atoms with Crippen LogP contribution in [0, 0.1) is 0 Å². The Kier molecular flexibility index (Phi) is 6.39. The normalized spacial score (nSPS) is 23.5. The standard InChI is InChI=1S/C24H33N5O3/c1-17(30)28-14-11-19(12-15-28)29-13-5-8-21(29)24-26-23(27-32-24)18-9-10-22(25-16-18)31-20-6-3-2-4-7-20/h9-10,16,19-21H,2-8,11-15H2,1H3. The summed E-state index contributed by atoms with van der Waals surface area (Å²) in [6, 6.07) is 4.49.